The molecule has 3 nitrogen and oxygen atoms in total. The highest BCUT2D eigenvalue weighted by Gasteiger charge is 2.10. The third-order valence-corrected chi connectivity index (χ3v) is 4.85. The van der Waals surface area contributed by atoms with Gasteiger partial charge in [-0.2, -0.15) is 0 Å². The molecule has 0 heterocycles. The summed E-state index contributed by atoms with van der Waals surface area (Å²) in [7, 11) is 1.68. The van der Waals surface area contributed by atoms with Crippen LogP contribution < -0.4 is 10.1 Å². The first-order chi connectivity index (χ1) is 11.4. The van der Waals surface area contributed by atoms with E-state index < -0.39 is 0 Å². The third-order valence-electron chi connectivity index (χ3n) is 3.87. The molecule has 24 heavy (non-hydrogen) atoms. The van der Waals surface area contributed by atoms with Gasteiger partial charge in [0.15, 0.2) is 0 Å². The van der Waals surface area contributed by atoms with Crippen LogP contribution in [0.15, 0.2) is 30.3 Å². The third kappa shape index (κ3) is 4.78. The van der Waals surface area contributed by atoms with Crippen LogP contribution in [-0.2, 0) is 10.5 Å². The number of amides is 1. The number of hydrogen-bond donors (Lipinski definition) is 1. The van der Waals surface area contributed by atoms with Crippen molar-refractivity contribution < 1.29 is 9.53 Å². The van der Waals surface area contributed by atoms with E-state index in [4.69, 9.17) is 4.74 Å². The number of rotatable bonds is 6. The Balaban J connectivity index is 1.94. The minimum absolute atomic E-state index is 0.0293. The molecule has 128 valence electrons. The van der Waals surface area contributed by atoms with Gasteiger partial charge in [0.25, 0.3) is 0 Å². The van der Waals surface area contributed by atoms with E-state index >= 15 is 0 Å². The molecule has 2 rings (SSSR count). The molecule has 0 spiro atoms. The average molecular weight is 343 g/mol. The summed E-state index contributed by atoms with van der Waals surface area (Å²) in [4.78, 5) is 12.3. The number of thioether (sulfide) groups is 1. The number of carbonyl (C=O) groups excluding carboxylic acids is 1. The van der Waals surface area contributed by atoms with E-state index in [1.54, 1.807) is 18.9 Å². The van der Waals surface area contributed by atoms with Gasteiger partial charge in [-0.05, 0) is 44.9 Å². The van der Waals surface area contributed by atoms with Crippen LogP contribution in [0.2, 0.25) is 0 Å². The Kier molecular flexibility index (Phi) is 6.32. The van der Waals surface area contributed by atoms with E-state index in [0.717, 1.165) is 33.9 Å². The van der Waals surface area contributed by atoms with E-state index in [2.05, 4.69) is 37.4 Å². The lowest BCUT2D eigenvalue weighted by atomic mass is 10.1. The highest BCUT2D eigenvalue weighted by molar-refractivity contribution is 7.99. The smallest absolute Gasteiger partial charge is 0.234 e. The molecule has 0 saturated heterocycles. The van der Waals surface area contributed by atoms with E-state index in [-0.39, 0.29) is 5.91 Å². The number of methoxy groups -OCH3 is 1. The maximum atomic E-state index is 12.3. The summed E-state index contributed by atoms with van der Waals surface area (Å²) in [6, 6.07) is 10.3. The minimum atomic E-state index is 0.0293. The highest BCUT2D eigenvalue weighted by atomic mass is 32.2. The van der Waals surface area contributed by atoms with Gasteiger partial charge in [-0.25, -0.2) is 0 Å². The quantitative estimate of drug-likeness (QED) is 0.819. The van der Waals surface area contributed by atoms with Crippen LogP contribution in [0.4, 0.5) is 5.69 Å². The molecule has 0 radical (unpaired) electrons. The normalized spacial score (nSPS) is 10.5. The predicted octanol–water partition coefficient (Wildman–Crippen LogP) is 4.80. The second kappa shape index (κ2) is 8.25. The van der Waals surface area contributed by atoms with E-state index in [0.29, 0.717) is 5.75 Å². The van der Waals surface area contributed by atoms with E-state index in [9.17, 15) is 4.79 Å². The molecule has 1 N–H and O–H groups in total. The van der Waals surface area contributed by atoms with Gasteiger partial charge in [-0.1, -0.05) is 35.4 Å². The summed E-state index contributed by atoms with van der Waals surface area (Å²) < 4.78 is 5.38. The summed E-state index contributed by atoms with van der Waals surface area (Å²) >= 11 is 1.59. The zero-order valence-electron chi connectivity index (χ0n) is 15.0. The fourth-order valence-corrected chi connectivity index (χ4v) is 3.63. The van der Waals surface area contributed by atoms with Crippen LogP contribution in [0.1, 0.15) is 27.8 Å². The number of carbonyl (C=O) groups is 1. The summed E-state index contributed by atoms with van der Waals surface area (Å²) in [5.41, 5.74) is 6.67. The number of ether oxygens (including phenoxy) is 1. The Morgan fingerprint density at radius 2 is 1.71 bits per heavy atom. The van der Waals surface area contributed by atoms with Gasteiger partial charge in [-0.15, -0.1) is 11.8 Å². The van der Waals surface area contributed by atoms with Crippen molar-refractivity contribution in [3.05, 3.63) is 58.1 Å². The first kappa shape index (κ1) is 18.4. The lowest BCUT2D eigenvalue weighted by Gasteiger charge is -2.13. The Morgan fingerprint density at radius 3 is 2.33 bits per heavy atom. The molecule has 0 aliphatic carbocycles. The molecular weight excluding hydrogens is 318 g/mol. The molecule has 0 atom stereocenters. The van der Waals surface area contributed by atoms with Crippen LogP contribution in [0.5, 0.6) is 5.75 Å². The average Bonchev–Trinajstić information content (AvgIpc) is 2.51. The van der Waals surface area contributed by atoms with Crippen molar-refractivity contribution in [2.75, 3.05) is 18.2 Å². The van der Waals surface area contributed by atoms with Gasteiger partial charge in [0.1, 0.15) is 5.75 Å². The van der Waals surface area contributed by atoms with Gasteiger partial charge in [-0.3, -0.25) is 4.79 Å². The van der Waals surface area contributed by atoms with Crippen molar-refractivity contribution >= 4 is 23.4 Å². The number of aryl methyl sites for hydroxylation is 4. The van der Waals surface area contributed by atoms with Crippen molar-refractivity contribution in [3.63, 3.8) is 0 Å². The molecule has 4 heteroatoms. The zero-order valence-corrected chi connectivity index (χ0v) is 15.8. The standard InChI is InChI=1S/C20H25NO2S/c1-13-6-7-18(23-5)17(10-13)11-24-12-19(22)21-20-15(3)8-14(2)9-16(20)4/h6-10H,11-12H2,1-5H3,(H,21,22). The van der Waals surface area contributed by atoms with Gasteiger partial charge < -0.3 is 10.1 Å². The number of anilines is 1. The molecule has 0 unspecified atom stereocenters. The SMILES string of the molecule is COc1ccc(C)cc1CSCC(=O)Nc1c(C)cc(C)cc1C. The van der Waals surface area contributed by atoms with Crippen LogP contribution in [-0.4, -0.2) is 18.8 Å². The number of nitrogens with one attached hydrogen (secondary N) is 1. The van der Waals surface area contributed by atoms with Crippen LogP contribution >= 0.6 is 11.8 Å². The molecule has 0 saturated carbocycles. The van der Waals surface area contributed by atoms with Crippen molar-refractivity contribution in [1.82, 2.24) is 0 Å². The van der Waals surface area contributed by atoms with Crippen LogP contribution in [0.3, 0.4) is 0 Å². The molecule has 0 fully saturated rings. The summed E-state index contributed by atoms with van der Waals surface area (Å²) in [6.07, 6.45) is 0. The van der Waals surface area contributed by atoms with Gasteiger partial charge in [0.2, 0.25) is 5.91 Å². The first-order valence-electron chi connectivity index (χ1n) is 7.99. The topological polar surface area (TPSA) is 38.3 Å². The number of hydrogen-bond acceptors (Lipinski definition) is 3. The van der Waals surface area contributed by atoms with Gasteiger partial charge in [0, 0.05) is 17.0 Å². The molecule has 2 aromatic rings. The maximum absolute atomic E-state index is 12.3. The summed E-state index contributed by atoms with van der Waals surface area (Å²) in [5, 5.41) is 3.04. The van der Waals surface area contributed by atoms with Crippen molar-refractivity contribution in [1.29, 1.82) is 0 Å². The Morgan fingerprint density at radius 1 is 1.04 bits per heavy atom. The Bertz CT molecular complexity index is 717. The monoisotopic (exact) mass is 343 g/mol. The second-order valence-electron chi connectivity index (χ2n) is 6.13. The fourth-order valence-electron chi connectivity index (χ4n) is 2.83. The van der Waals surface area contributed by atoms with E-state index in [1.807, 2.05) is 26.0 Å². The van der Waals surface area contributed by atoms with Gasteiger partial charge in [0.05, 0.1) is 12.9 Å². The number of benzene rings is 2. The van der Waals surface area contributed by atoms with Crippen LogP contribution in [0.25, 0.3) is 0 Å². The van der Waals surface area contributed by atoms with Crippen molar-refractivity contribution in [3.8, 4) is 5.75 Å². The molecule has 1 amide bonds. The largest absolute Gasteiger partial charge is 0.496 e. The van der Waals surface area contributed by atoms with E-state index in [1.165, 1.54) is 11.1 Å². The lowest BCUT2D eigenvalue weighted by molar-refractivity contribution is -0.113. The molecule has 0 aromatic heterocycles. The summed E-state index contributed by atoms with van der Waals surface area (Å²) in [5.74, 6) is 2.08. The molecule has 0 bridgehead atoms. The van der Waals surface area contributed by atoms with Crippen molar-refractivity contribution in [2.24, 2.45) is 0 Å². The fraction of sp³-hybridized carbons (Fsp3) is 0.350. The van der Waals surface area contributed by atoms with Crippen LogP contribution in [0, 0.1) is 27.7 Å². The lowest BCUT2D eigenvalue weighted by Crippen LogP contribution is -2.16. The molecule has 0 aliphatic heterocycles. The highest BCUT2D eigenvalue weighted by Crippen LogP contribution is 2.25. The molecule has 2 aromatic carbocycles. The Labute approximate surface area is 148 Å². The zero-order chi connectivity index (χ0) is 17.7. The maximum Gasteiger partial charge on any atom is 0.234 e. The van der Waals surface area contributed by atoms with Crippen molar-refractivity contribution in [2.45, 2.75) is 33.4 Å². The molecular formula is C20H25NO2S. The first-order valence-corrected chi connectivity index (χ1v) is 9.15. The summed E-state index contributed by atoms with van der Waals surface area (Å²) in [6.45, 7) is 8.18. The molecule has 0 aliphatic rings. The van der Waals surface area contributed by atoms with Gasteiger partial charge >= 0.3 is 0 Å². The predicted molar refractivity (Wildman–Crippen MR) is 103 cm³/mol. The second-order valence-corrected chi connectivity index (χ2v) is 7.12. The Hall–Kier alpha value is -1.94. The minimum Gasteiger partial charge on any atom is -0.496 e.